The summed E-state index contributed by atoms with van der Waals surface area (Å²) in [7, 11) is 2.98. The quantitative estimate of drug-likeness (QED) is 0.190. The summed E-state index contributed by atoms with van der Waals surface area (Å²) in [4.78, 5) is 28.5. The number of carboxylic acids is 1. The van der Waals surface area contributed by atoms with E-state index in [2.05, 4.69) is 5.32 Å². The van der Waals surface area contributed by atoms with Crippen LogP contribution in [0.3, 0.4) is 0 Å². The van der Waals surface area contributed by atoms with Crippen LogP contribution in [0.2, 0.25) is 0 Å². The molecule has 3 aromatic rings. The number of nitrogens with one attached hydrogen (secondary N) is 1. The first-order valence-corrected chi connectivity index (χ1v) is 17.1. The monoisotopic (exact) mass is 759 g/mol. The zero-order chi connectivity index (χ0) is 38.8. The van der Waals surface area contributed by atoms with Crippen molar-refractivity contribution in [1.82, 2.24) is 15.1 Å². The summed E-state index contributed by atoms with van der Waals surface area (Å²) in [5.74, 6) is -4.92. The molecule has 0 unspecified atom stereocenters. The van der Waals surface area contributed by atoms with Crippen LogP contribution >= 0.6 is 0 Å². The number of halogens is 8. The van der Waals surface area contributed by atoms with E-state index in [4.69, 9.17) is 9.47 Å². The number of carbonyl (C=O) groups is 2. The number of likely N-dealkylation sites (tertiary alicyclic amines) is 2. The molecule has 290 valence electrons. The fourth-order valence-electron chi connectivity index (χ4n) is 7.32. The first-order valence-electron chi connectivity index (χ1n) is 17.1. The van der Waals surface area contributed by atoms with E-state index in [0.717, 1.165) is 10.5 Å². The number of fused-ring (bicyclic) bond motifs is 1. The number of carbonyl (C=O) groups excluding carboxylic acids is 1. The molecule has 1 amide bonds. The highest BCUT2D eigenvalue weighted by molar-refractivity contribution is 6.01. The maximum absolute atomic E-state index is 14.4. The van der Waals surface area contributed by atoms with Crippen molar-refractivity contribution in [1.29, 1.82) is 0 Å². The van der Waals surface area contributed by atoms with Gasteiger partial charge in [-0.25, -0.2) is 13.6 Å². The first-order chi connectivity index (χ1) is 24.9. The van der Waals surface area contributed by atoms with Gasteiger partial charge in [0.05, 0.1) is 26.3 Å². The molecule has 0 saturated carbocycles. The minimum absolute atomic E-state index is 0.212. The molecule has 3 aromatic carbocycles. The zero-order valence-corrected chi connectivity index (χ0v) is 29.2. The van der Waals surface area contributed by atoms with Gasteiger partial charge in [-0.1, -0.05) is 42.5 Å². The maximum atomic E-state index is 14.4. The highest BCUT2D eigenvalue weighted by Crippen LogP contribution is 2.48. The van der Waals surface area contributed by atoms with Crippen molar-refractivity contribution in [3.8, 4) is 22.6 Å². The number of aliphatic carboxylic acids is 1. The lowest BCUT2D eigenvalue weighted by Crippen LogP contribution is -2.59. The van der Waals surface area contributed by atoms with Crippen LogP contribution in [0.25, 0.3) is 21.9 Å². The third-order valence-corrected chi connectivity index (χ3v) is 10.3. The lowest BCUT2D eigenvalue weighted by Gasteiger charge is -2.42. The van der Waals surface area contributed by atoms with Gasteiger partial charge in [0.15, 0.2) is 0 Å². The van der Waals surface area contributed by atoms with E-state index >= 15 is 0 Å². The molecule has 53 heavy (non-hydrogen) atoms. The Morgan fingerprint density at radius 2 is 1.45 bits per heavy atom. The zero-order valence-electron chi connectivity index (χ0n) is 29.2. The standard InChI is InChI=1S/C37H41F8N3O5/c1-52-29-10-9-23(11-16-47-19-14-35(38,39)15-20-47)31(53-2)30(29)27-8-4-6-25-24(5-3-7-26(25)27)21-28(32(49)50)46-33(51)34(37(43,44)45)12-17-48(18-13-34)22-36(40,41)42/h3-10,28H,11-22H2,1-2H3,(H,46,51)(H,49,50)/t28-/m0/s1. The Balaban J connectivity index is 1.43. The Hall–Kier alpha value is -4.18. The second kappa shape index (κ2) is 15.7. The van der Waals surface area contributed by atoms with Crippen molar-refractivity contribution in [3.05, 3.63) is 59.7 Å². The topological polar surface area (TPSA) is 91.3 Å². The van der Waals surface area contributed by atoms with Crippen molar-refractivity contribution in [2.45, 2.75) is 62.8 Å². The number of hydrogen-bond acceptors (Lipinski definition) is 6. The molecule has 5 rings (SSSR count). The molecule has 1 atom stereocenters. The molecule has 2 aliphatic rings. The van der Waals surface area contributed by atoms with E-state index in [1.165, 1.54) is 14.2 Å². The Morgan fingerprint density at radius 1 is 0.830 bits per heavy atom. The normalized spacial score (nSPS) is 18.8. The molecule has 2 fully saturated rings. The summed E-state index contributed by atoms with van der Waals surface area (Å²) < 4.78 is 121. The number of carboxylic acid groups (broad SMARTS) is 1. The average molecular weight is 760 g/mol. The molecule has 2 N–H and O–H groups in total. The van der Waals surface area contributed by atoms with Gasteiger partial charge >= 0.3 is 18.3 Å². The van der Waals surface area contributed by atoms with Crippen LogP contribution < -0.4 is 14.8 Å². The summed E-state index contributed by atoms with van der Waals surface area (Å²) in [5, 5.41) is 13.3. The van der Waals surface area contributed by atoms with Crippen LogP contribution in [0.1, 0.15) is 36.8 Å². The van der Waals surface area contributed by atoms with Gasteiger partial charge in [-0.2, -0.15) is 26.3 Å². The number of piperidine rings is 2. The van der Waals surface area contributed by atoms with Gasteiger partial charge in [-0.05, 0) is 65.9 Å². The molecule has 2 heterocycles. The summed E-state index contributed by atoms with van der Waals surface area (Å²) >= 11 is 0. The molecule has 0 spiro atoms. The SMILES string of the molecule is COc1ccc(CCN2CCC(F)(F)CC2)c(OC)c1-c1cccc2c(C[C@H](NC(=O)C3(C(F)(F)F)CCN(CC(F)(F)F)CC3)C(=O)O)cccc12. The summed E-state index contributed by atoms with van der Waals surface area (Å²) in [5.41, 5.74) is -0.659. The number of rotatable bonds is 12. The Kier molecular flexibility index (Phi) is 11.8. The van der Waals surface area contributed by atoms with Crippen LogP contribution in [0.15, 0.2) is 48.5 Å². The smallest absolute Gasteiger partial charge is 0.403 e. The number of benzene rings is 3. The average Bonchev–Trinajstić information content (AvgIpc) is 3.09. The van der Waals surface area contributed by atoms with E-state index in [1.54, 1.807) is 42.5 Å². The third-order valence-electron chi connectivity index (χ3n) is 10.3. The van der Waals surface area contributed by atoms with Gasteiger partial charge in [-0.3, -0.25) is 9.69 Å². The van der Waals surface area contributed by atoms with Gasteiger partial charge in [-0.15, -0.1) is 0 Å². The van der Waals surface area contributed by atoms with E-state index in [9.17, 15) is 49.8 Å². The number of nitrogens with zero attached hydrogens (tertiary/aromatic N) is 2. The molecule has 0 radical (unpaired) electrons. The Morgan fingerprint density at radius 3 is 2.04 bits per heavy atom. The number of amides is 1. The van der Waals surface area contributed by atoms with Gasteiger partial charge in [0.1, 0.15) is 23.0 Å². The first kappa shape index (κ1) is 40.0. The summed E-state index contributed by atoms with van der Waals surface area (Å²) in [6, 6.07) is 12.0. The second-order valence-corrected chi connectivity index (χ2v) is 13.6. The largest absolute Gasteiger partial charge is 0.496 e. The molecule has 2 saturated heterocycles. The fraction of sp³-hybridized carbons (Fsp3) is 0.514. The Bertz CT molecular complexity index is 1780. The maximum Gasteiger partial charge on any atom is 0.403 e. The number of ether oxygens (including phenoxy) is 2. The van der Waals surface area contributed by atoms with Gasteiger partial charge in [0.2, 0.25) is 5.91 Å². The van der Waals surface area contributed by atoms with Crippen molar-refractivity contribution >= 4 is 22.6 Å². The predicted octanol–water partition coefficient (Wildman–Crippen LogP) is 7.12. The van der Waals surface area contributed by atoms with E-state index in [-0.39, 0.29) is 25.9 Å². The van der Waals surface area contributed by atoms with Crippen molar-refractivity contribution < 1.29 is 59.3 Å². The third kappa shape index (κ3) is 8.97. The number of methoxy groups -OCH3 is 2. The minimum atomic E-state index is -5.14. The van der Waals surface area contributed by atoms with Crippen molar-refractivity contribution in [2.75, 3.05) is 53.5 Å². The fourth-order valence-corrected chi connectivity index (χ4v) is 7.32. The van der Waals surface area contributed by atoms with Gasteiger partial charge in [0.25, 0.3) is 5.92 Å². The molecule has 2 aliphatic heterocycles. The second-order valence-electron chi connectivity index (χ2n) is 13.6. The Labute approximate surface area is 301 Å². The summed E-state index contributed by atoms with van der Waals surface area (Å²) in [6.07, 6.45) is -12.0. The van der Waals surface area contributed by atoms with Gasteiger partial charge in [0, 0.05) is 38.9 Å². The van der Waals surface area contributed by atoms with E-state index in [0.29, 0.717) is 51.9 Å². The lowest BCUT2D eigenvalue weighted by molar-refractivity contribution is -0.236. The molecule has 0 bridgehead atoms. The van der Waals surface area contributed by atoms with Crippen molar-refractivity contribution in [3.63, 3.8) is 0 Å². The van der Waals surface area contributed by atoms with Crippen LogP contribution in [0, 0.1) is 5.41 Å². The van der Waals surface area contributed by atoms with Gasteiger partial charge < -0.3 is 24.8 Å². The van der Waals surface area contributed by atoms with Crippen LogP contribution in [-0.4, -0.2) is 105 Å². The molecule has 16 heteroatoms. The highest BCUT2D eigenvalue weighted by Gasteiger charge is 2.61. The predicted molar refractivity (Wildman–Crippen MR) is 180 cm³/mol. The number of hydrogen-bond donors (Lipinski definition) is 2. The number of alkyl halides is 8. The highest BCUT2D eigenvalue weighted by atomic mass is 19.4. The molecular formula is C37H41F8N3O5. The van der Waals surface area contributed by atoms with Crippen LogP contribution in [-0.2, 0) is 22.4 Å². The lowest BCUT2D eigenvalue weighted by atomic mass is 9.76. The van der Waals surface area contributed by atoms with E-state index in [1.807, 2.05) is 11.0 Å². The van der Waals surface area contributed by atoms with Crippen LogP contribution in [0.5, 0.6) is 11.5 Å². The molecule has 8 nitrogen and oxygen atoms in total. The van der Waals surface area contributed by atoms with E-state index < -0.39 is 80.5 Å². The molecule has 0 aliphatic carbocycles. The van der Waals surface area contributed by atoms with Crippen molar-refractivity contribution in [2.24, 2.45) is 5.41 Å². The van der Waals surface area contributed by atoms with Crippen LogP contribution in [0.4, 0.5) is 35.1 Å². The molecule has 0 aromatic heterocycles. The minimum Gasteiger partial charge on any atom is -0.496 e. The summed E-state index contributed by atoms with van der Waals surface area (Å²) in [6.45, 7) is -1.68. The molecular weight excluding hydrogens is 718 g/mol.